The van der Waals surface area contributed by atoms with Gasteiger partial charge in [0.15, 0.2) is 0 Å². The Balaban J connectivity index is 2.39. The van der Waals surface area contributed by atoms with Gasteiger partial charge in [0.25, 0.3) is 0 Å². The first-order chi connectivity index (χ1) is 8.16. The third-order valence-electron chi connectivity index (χ3n) is 5.06. The summed E-state index contributed by atoms with van der Waals surface area (Å²) in [6.07, 6.45) is 17.6. The van der Waals surface area contributed by atoms with Crippen molar-refractivity contribution in [1.82, 2.24) is 0 Å². The number of hydrogen-bond acceptors (Lipinski definition) is 0. The molecule has 2 atom stereocenters. The lowest BCUT2D eigenvalue weighted by Crippen LogP contribution is -2.15. The fourth-order valence-electron chi connectivity index (χ4n) is 3.24. The van der Waals surface area contributed by atoms with E-state index >= 15 is 0 Å². The Kier molecular flexibility index (Phi) is 7.23. The van der Waals surface area contributed by atoms with Gasteiger partial charge in [0, 0.05) is 0 Å². The van der Waals surface area contributed by atoms with Crippen LogP contribution in [0.15, 0.2) is 0 Å². The van der Waals surface area contributed by atoms with Crippen molar-refractivity contribution in [3.8, 4) is 0 Å². The zero-order valence-corrected chi connectivity index (χ0v) is 12.6. The second kappa shape index (κ2) is 8.16. The fraction of sp³-hybridized carbons (Fsp3) is 1.00. The highest BCUT2D eigenvalue weighted by molar-refractivity contribution is 4.73. The van der Waals surface area contributed by atoms with Crippen LogP contribution in [0.4, 0.5) is 0 Å². The Bertz CT molecular complexity index is 184. The van der Waals surface area contributed by atoms with E-state index in [0.717, 1.165) is 5.92 Å². The van der Waals surface area contributed by atoms with Crippen LogP contribution in [-0.2, 0) is 0 Å². The SMILES string of the molecule is CCC1(C)CCCCCCCC(C)CCCC1. The van der Waals surface area contributed by atoms with E-state index in [0.29, 0.717) is 5.41 Å². The predicted molar refractivity (Wildman–Crippen MR) is 78.3 cm³/mol. The first-order valence-corrected chi connectivity index (χ1v) is 8.16. The van der Waals surface area contributed by atoms with E-state index in [1.807, 2.05) is 0 Å². The topological polar surface area (TPSA) is 0 Å². The van der Waals surface area contributed by atoms with Crippen molar-refractivity contribution >= 4 is 0 Å². The highest BCUT2D eigenvalue weighted by Gasteiger charge is 2.21. The van der Waals surface area contributed by atoms with Gasteiger partial charge in [0.1, 0.15) is 0 Å². The normalized spacial score (nSPS) is 34.4. The van der Waals surface area contributed by atoms with Gasteiger partial charge in [-0.15, -0.1) is 0 Å². The Labute approximate surface area is 110 Å². The number of hydrogen-bond donors (Lipinski definition) is 0. The largest absolute Gasteiger partial charge is 0.0649 e. The van der Waals surface area contributed by atoms with Crippen molar-refractivity contribution in [3.05, 3.63) is 0 Å². The molecular formula is C17H34. The minimum absolute atomic E-state index is 0.650. The van der Waals surface area contributed by atoms with Crippen LogP contribution in [0.1, 0.15) is 97.8 Å². The third-order valence-corrected chi connectivity index (χ3v) is 5.06. The molecule has 1 aliphatic carbocycles. The van der Waals surface area contributed by atoms with Crippen molar-refractivity contribution < 1.29 is 0 Å². The molecule has 0 heterocycles. The van der Waals surface area contributed by atoms with Gasteiger partial charge in [-0.2, -0.15) is 0 Å². The average Bonchev–Trinajstić information content (AvgIpc) is 2.34. The highest BCUT2D eigenvalue weighted by Crippen LogP contribution is 2.35. The summed E-state index contributed by atoms with van der Waals surface area (Å²) in [5, 5.41) is 0. The maximum atomic E-state index is 2.52. The molecule has 0 aliphatic heterocycles. The molecule has 2 unspecified atom stereocenters. The zero-order valence-electron chi connectivity index (χ0n) is 12.6. The Morgan fingerprint density at radius 2 is 1.29 bits per heavy atom. The maximum absolute atomic E-state index is 2.52. The average molecular weight is 238 g/mol. The smallest absolute Gasteiger partial charge is 0.0328 e. The van der Waals surface area contributed by atoms with Gasteiger partial charge in [-0.05, 0) is 24.2 Å². The van der Waals surface area contributed by atoms with Gasteiger partial charge < -0.3 is 0 Å². The second-order valence-electron chi connectivity index (χ2n) is 6.82. The molecule has 0 N–H and O–H groups in total. The second-order valence-corrected chi connectivity index (χ2v) is 6.82. The molecule has 0 aromatic carbocycles. The number of rotatable bonds is 1. The summed E-state index contributed by atoms with van der Waals surface area (Å²) in [6, 6.07) is 0. The third kappa shape index (κ3) is 6.48. The Hall–Kier alpha value is 0. The summed E-state index contributed by atoms with van der Waals surface area (Å²) in [6.45, 7) is 7.37. The summed E-state index contributed by atoms with van der Waals surface area (Å²) in [5.41, 5.74) is 0.650. The fourth-order valence-corrected chi connectivity index (χ4v) is 3.24. The molecule has 102 valence electrons. The Morgan fingerprint density at radius 1 is 0.824 bits per heavy atom. The van der Waals surface area contributed by atoms with Crippen LogP contribution in [0.25, 0.3) is 0 Å². The molecule has 1 fully saturated rings. The van der Waals surface area contributed by atoms with E-state index in [2.05, 4.69) is 20.8 Å². The zero-order chi connectivity index (χ0) is 12.6. The molecule has 0 aromatic heterocycles. The van der Waals surface area contributed by atoms with Crippen LogP contribution in [0.3, 0.4) is 0 Å². The summed E-state index contributed by atoms with van der Waals surface area (Å²) in [4.78, 5) is 0. The van der Waals surface area contributed by atoms with E-state index in [-0.39, 0.29) is 0 Å². The van der Waals surface area contributed by atoms with Crippen LogP contribution < -0.4 is 0 Å². The van der Waals surface area contributed by atoms with Gasteiger partial charge in [0.2, 0.25) is 0 Å². The van der Waals surface area contributed by atoms with E-state index in [4.69, 9.17) is 0 Å². The molecule has 0 amide bonds. The minimum atomic E-state index is 0.650. The molecule has 0 saturated heterocycles. The van der Waals surface area contributed by atoms with Crippen molar-refractivity contribution in [2.75, 3.05) is 0 Å². The van der Waals surface area contributed by atoms with Crippen molar-refractivity contribution in [1.29, 1.82) is 0 Å². The van der Waals surface area contributed by atoms with E-state index in [1.54, 1.807) is 0 Å². The van der Waals surface area contributed by atoms with Crippen molar-refractivity contribution in [3.63, 3.8) is 0 Å². The first kappa shape index (κ1) is 15.1. The van der Waals surface area contributed by atoms with Gasteiger partial charge in [-0.25, -0.2) is 0 Å². The van der Waals surface area contributed by atoms with E-state index < -0.39 is 0 Å². The van der Waals surface area contributed by atoms with E-state index in [1.165, 1.54) is 77.0 Å². The molecule has 17 heavy (non-hydrogen) atoms. The quantitative estimate of drug-likeness (QED) is 0.500. The molecule has 1 rings (SSSR count). The predicted octanol–water partition coefficient (Wildman–Crippen LogP) is 6.34. The molecule has 0 nitrogen and oxygen atoms in total. The van der Waals surface area contributed by atoms with Crippen molar-refractivity contribution in [2.24, 2.45) is 11.3 Å². The summed E-state index contributed by atoms with van der Waals surface area (Å²) >= 11 is 0. The van der Waals surface area contributed by atoms with Crippen LogP contribution >= 0.6 is 0 Å². The van der Waals surface area contributed by atoms with Crippen LogP contribution in [0.2, 0.25) is 0 Å². The van der Waals surface area contributed by atoms with Gasteiger partial charge >= 0.3 is 0 Å². The van der Waals surface area contributed by atoms with Gasteiger partial charge in [-0.3, -0.25) is 0 Å². The molecule has 0 spiro atoms. The van der Waals surface area contributed by atoms with Gasteiger partial charge in [-0.1, -0.05) is 85.0 Å². The van der Waals surface area contributed by atoms with Crippen LogP contribution in [-0.4, -0.2) is 0 Å². The summed E-state index contributed by atoms with van der Waals surface area (Å²) in [5.74, 6) is 0.976. The lowest BCUT2D eigenvalue weighted by molar-refractivity contribution is 0.240. The van der Waals surface area contributed by atoms with Crippen molar-refractivity contribution in [2.45, 2.75) is 97.8 Å². The van der Waals surface area contributed by atoms with Crippen LogP contribution in [0, 0.1) is 11.3 Å². The molecular weight excluding hydrogens is 204 g/mol. The Morgan fingerprint density at radius 3 is 1.94 bits per heavy atom. The molecule has 0 radical (unpaired) electrons. The standard InChI is InChI=1S/C17H34/c1-4-17(3)14-10-7-5-6-8-12-16(2)13-9-11-15-17/h16H,4-15H2,1-3H3. The minimum Gasteiger partial charge on any atom is -0.0649 e. The van der Waals surface area contributed by atoms with Gasteiger partial charge in [0.05, 0.1) is 0 Å². The molecule has 0 bridgehead atoms. The summed E-state index contributed by atoms with van der Waals surface area (Å²) < 4.78 is 0. The first-order valence-electron chi connectivity index (χ1n) is 8.16. The molecule has 1 aliphatic rings. The maximum Gasteiger partial charge on any atom is -0.0328 e. The summed E-state index contributed by atoms with van der Waals surface area (Å²) in [7, 11) is 0. The lowest BCUT2D eigenvalue weighted by atomic mass is 9.77. The molecule has 0 heteroatoms. The highest BCUT2D eigenvalue weighted by atomic mass is 14.3. The van der Waals surface area contributed by atoms with E-state index in [9.17, 15) is 0 Å². The molecule has 0 aromatic rings. The monoisotopic (exact) mass is 238 g/mol. The molecule has 1 saturated carbocycles. The van der Waals surface area contributed by atoms with Crippen LogP contribution in [0.5, 0.6) is 0 Å². The lowest BCUT2D eigenvalue weighted by Gasteiger charge is -2.28.